The monoisotopic (exact) mass is 390 g/mol. The number of carbonyl (C=O) groups is 2. The lowest BCUT2D eigenvalue weighted by Gasteiger charge is -2.09. The minimum absolute atomic E-state index is 0.0454. The molecule has 1 aromatic carbocycles. The van der Waals surface area contributed by atoms with Crippen molar-refractivity contribution in [1.29, 1.82) is 0 Å². The lowest BCUT2D eigenvalue weighted by atomic mass is 10.0. The van der Waals surface area contributed by atoms with Gasteiger partial charge in [0.2, 0.25) is 0 Å². The Labute approximate surface area is 170 Å². The van der Waals surface area contributed by atoms with E-state index in [-0.39, 0.29) is 10.9 Å². The summed E-state index contributed by atoms with van der Waals surface area (Å²) in [6.45, 7) is 4.02. The van der Waals surface area contributed by atoms with Gasteiger partial charge in [0, 0.05) is 12.2 Å². The molecule has 1 atom stereocenters. The third kappa shape index (κ3) is 12.1. The molecule has 2 nitrogen and oxygen atoms in total. The van der Waals surface area contributed by atoms with Crippen molar-refractivity contribution >= 4 is 22.7 Å². The summed E-state index contributed by atoms with van der Waals surface area (Å²) in [5.41, 5.74) is 1.16. The van der Waals surface area contributed by atoms with Crippen LogP contribution in [-0.4, -0.2) is 16.7 Å². The zero-order valence-electron chi connectivity index (χ0n) is 17.4. The maximum Gasteiger partial charge on any atom is 0.199 e. The number of carbonyl (C=O) groups excluding carboxylic acids is 2. The third-order valence-electron chi connectivity index (χ3n) is 5.08. The molecule has 3 heteroatoms. The van der Waals surface area contributed by atoms with Gasteiger partial charge in [-0.15, -0.1) is 0 Å². The highest BCUT2D eigenvalue weighted by Gasteiger charge is 2.21. The Morgan fingerprint density at radius 1 is 0.852 bits per heavy atom. The molecular weight excluding hydrogens is 352 g/mol. The molecule has 0 bridgehead atoms. The van der Waals surface area contributed by atoms with E-state index in [1.54, 1.807) is 6.92 Å². The first kappa shape index (κ1) is 23.9. The summed E-state index contributed by atoms with van der Waals surface area (Å²) in [7, 11) is 0. The highest BCUT2D eigenvalue weighted by atomic mass is 32.2. The van der Waals surface area contributed by atoms with Crippen LogP contribution in [0.1, 0.15) is 90.0 Å². The molecule has 1 aromatic rings. The van der Waals surface area contributed by atoms with E-state index in [1.807, 2.05) is 30.3 Å². The number of thioether (sulfide) groups is 1. The molecule has 152 valence electrons. The molecule has 0 aromatic heterocycles. The molecule has 0 fully saturated rings. The summed E-state index contributed by atoms with van der Waals surface area (Å²) in [6.07, 6.45) is 14.2. The number of Topliss-reactive ketones (excluding diaryl/α,β-unsaturated/α-hetero) is 1. The quantitative estimate of drug-likeness (QED) is 0.225. The standard InChI is InChI=1S/C24H38O2S/c1-3-4-5-6-7-8-9-10-11-15-20-27-24(26)21(2)23(25)19-18-22-16-13-12-14-17-22/h12-14,16-17,21H,3-11,15,18-20H2,1-2H3. The molecule has 27 heavy (non-hydrogen) atoms. The number of hydrogen-bond acceptors (Lipinski definition) is 3. The smallest absolute Gasteiger partial charge is 0.199 e. The van der Waals surface area contributed by atoms with Gasteiger partial charge in [-0.05, 0) is 25.3 Å². The fraction of sp³-hybridized carbons (Fsp3) is 0.667. The molecule has 1 rings (SSSR count). The normalized spacial score (nSPS) is 12.1. The second-order valence-electron chi connectivity index (χ2n) is 7.52. The first-order chi connectivity index (χ1) is 13.1. The van der Waals surface area contributed by atoms with Crippen LogP contribution in [0.5, 0.6) is 0 Å². The first-order valence-electron chi connectivity index (χ1n) is 10.9. The summed E-state index contributed by atoms with van der Waals surface area (Å²) in [6, 6.07) is 9.99. The summed E-state index contributed by atoms with van der Waals surface area (Å²) in [4.78, 5) is 24.4. The van der Waals surface area contributed by atoms with Gasteiger partial charge in [-0.25, -0.2) is 0 Å². The van der Waals surface area contributed by atoms with Crippen molar-refractivity contribution in [3.8, 4) is 0 Å². The Morgan fingerprint density at radius 3 is 2.00 bits per heavy atom. The lowest BCUT2D eigenvalue weighted by Crippen LogP contribution is -2.19. The number of hydrogen-bond donors (Lipinski definition) is 0. The Morgan fingerprint density at radius 2 is 1.41 bits per heavy atom. The van der Waals surface area contributed by atoms with Crippen molar-refractivity contribution in [3.63, 3.8) is 0 Å². The van der Waals surface area contributed by atoms with Crippen LogP contribution >= 0.6 is 11.8 Å². The largest absolute Gasteiger partial charge is 0.299 e. The van der Waals surface area contributed by atoms with Gasteiger partial charge in [0.1, 0.15) is 5.78 Å². The number of ketones is 1. The van der Waals surface area contributed by atoms with Crippen molar-refractivity contribution < 1.29 is 9.59 Å². The van der Waals surface area contributed by atoms with Gasteiger partial charge in [0.15, 0.2) is 5.12 Å². The van der Waals surface area contributed by atoms with Crippen molar-refractivity contribution in [2.45, 2.75) is 90.9 Å². The van der Waals surface area contributed by atoms with E-state index in [0.717, 1.165) is 24.2 Å². The Kier molecular flexibility index (Phi) is 14.1. The zero-order chi connectivity index (χ0) is 19.7. The predicted molar refractivity (Wildman–Crippen MR) is 118 cm³/mol. The minimum atomic E-state index is -0.471. The van der Waals surface area contributed by atoms with Gasteiger partial charge >= 0.3 is 0 Å². The van der Waals surface area contributed by atoms with Crippen molar-refractivity contribution in [1.82, 2.24) is 0 Å². The van der Waals surface area contributed by atoms with Gasteiger partial charge in [-0.1, -0.05) is 107 Å². The molecule has 0 aliphatic carbocycles. The Hall–Kier alpha value is -1.09. The second kappa shape index (κ2) is 15.9. The van der Waals surface area contributed by atoms with E-state index in [2.05, 4.69) is 6.92 Å². The van der Waals surface area contributed by atoms with Gasteiger partial charge in [0.25, 0.3) is 0 Å². The van der Waals surface area contributed by atoms with Crippen LogP contribution in [-0.2, 0) is 16.0 Å². The van der Waals surface area contributed by atoms with Crippen LogP contribution in [0.15, 0.2) is 30.3 Å². The molecule has 0 radical (unpaired) electrons. The van der Waals surface area contributed by atoms with E-state index in [4.69, 9.17) is 0 Å². The van der Waals surface area contributed by atoms with E-state index in [0.29, 0.717) is 6.42 Å². The summed E-state index contributed by atoms with van der Waals surface area (Å²) in [5.74, 6) is 0.451. The topological polar surface area (TPSA) is 34.1 Å². The van der Waals surface area contributed by atoms with E-state index >= 15 is 0 Å². The van der Waals surface area contributed by atoms with Crippen LogP contribution in [0.3, 0.4) is 0 Å². The molecular formula is C24H38O2S. The zero-order valence-corrected chi connectivity index (χ0v) is 18.2. The van der Waals surface area contributed by atoms with Gasteiger partial charge < -0.3 is 0 Å². The molecule has 0 N–H and O–H groups in total. The van der Waals surface area contributed by atoms with Gasteiger partial charge in [0.05, 0.1) is 5.92 Å². The Balaban J connectivity index is 2.01. The predicted octanol–water partition coefficient (Wildman–Crippen LogP) is 7.01. The van der Waals surface area contributed by atoms with Crippen LogP contribution in [0.4, 0.5) is 0 Å². The molecule has 0 amide bonds. The molecule has 0 saturated carbocycles. The molecule has 0 spiro atoms. The number of aryl methyl sites for hydroxylation is 1. The first-order valence-corrected chi connectivity index (χ1v) is 11.9. The van der Waals surface area contributed by atoms with Crippen molar-refractivity contribution in [2.24, 2.45) is 5.92 Å². The summed E-state index contributed by atoms with van der Waals surface area (Å²) >= 11 is 1.35. The summed E-state index contributed by atoms with van der Waals surface area (Å²) < 4.78 is 0. The van der Waals surface area contributed by atoms with Crippen LogP contribution in [0, 0.1) is 5.92 Å². The highest BCUT2D eigenvalue weighted by molar-refractivity contribution is 8.13. The average Bonchev–Trinajstić information content (AvgIpc) is 2.70. The SMILES string of the molecule is CCCCCCCCCCCCSC(=O)C(C)C(=O)CCc1ccccc1. The van der Waals surface area contributed by atoms with Crippen molar-refractivity contribution in [3.05, 3.63) is 35.9 Å². The fourth-order valence-electron chi connectivity index (χ4n) is 3.15. The number of unbranched alkanes of at least 4 members (excludes halogenated alkanes) is 9. The number of benzene rings is 1. The van der Waals surface area contributed by atoms with Gasteiger partial charge in [-0.3, -0.25) is 9.59 Å². The van der Waals surface area contributed by atoms with Crippen LogP contribution < -0.4 is 0 Å². The third-order valence-corrected chi connectivity index (χ3v) is 6.21. The highest BCUT2D eigenvalue weighted by Crippen LogP contribution is 2.18. The van der Waals surface area contributed by atoms with E-state index in [1.165, 1.54) is 69.5 Å². The van der Waals surface area contributed by atoms with E-state index < -0.39 is 5.92 Å². The van der Waals surface area contributed by atoms with Crippen LogP contribution in [0.25, 0.3) is 0 Å². The Bertz CT molecular complexity index is 512. The van der Waals surface area contributed by atoms with E-state index in [9.17, 15) is 9.59 Å². The maximum absolute atomic E-state index is 12.2. The average molecular weight is 391 g/mol. The minimum Gasteiger partial charge on any atom is -0.299 e. The molecule has 0 aliphatic heterocycles. The maximum atomic E-state index is 12.2. The fourth-order valence-corrected chi connectivity index (χ4v) is 4.08. The van der Waals surface area contributed by atoms with Gasteiger partial charge in [-0.2, -0.15) is 0 Å². The lowest BCUT2D eigenvalue weighted by molar-refractivity contribution is -0.127. The summed E-state index contributed by atoms with van der Waals surface area (Å²) in [5, 5.41) is 0.0454. The number of rotatable bonds is 16. The second-order valence-corrected chi connectivity index (χ2v) is 8.62. The van der Waals surface area contributed by atoms with Crippen molar-refractivity contribution in [2.75, 3.05) is 5.75 Å². The molecule has 0 aliphatic rings. The van der Waals surface area contributed by atoms with Crippen LogP contribution in [0.2, 0.25) is 0 Å². The molecule has 0 saturated heterocycles. The molecule has 0 heterocycles. The molecule has 1 unspecified atom stereocenters.